The summed E-state index contributed by atoms with van der Waals surface area (Å²) in [6, 6.07) is 14.1. The van der Waals surface area contributed by atoms with E-state index in [1.54, 1.807) is 7.11 Å². The molecule has 6 nitrogen and oxygen atoms in total. The Bertz CT molecular complexity index is 951. The maximum Gasteiger partial charge on any atom is 0.275 e. The van der Waals surface area contributed by atoms with Gasteiger partial charge in [-0.2, -0.15) is 0 Å². The third-order valence-corrected chi connectivity index (χ3v) is 4.89. The Morgan fingerprint density at radius 1 is 1.17 bits per heavy atom. The lowest BCUT2D eigenvalue weighted by Crippen LogP contribution is -3.08. The zero-order valence-electron chi connectivity index (χ0n) is 17.4. The number of fused-ring (bicyclic) bond motifs is 1. The number of ether oxygens (including phenoxy) is 2. The number of aromatic amines is 1. The molecule has 0 spiro atoms. The maximum absolute atomic E-state index is 12.3. The molecule has 0 saturated heterocycles. The first-order valence-electron chi connectivity index (χ1n) is 10.0. The standard InChI is InChI=1S/C23H29N3O3/c1-4-29-21-10-9-17(13-22(21)28-3)15-26(2)16-23(27)24-12-11-18-14-25-20-8-6-5-7-19(18)20/h5-10,13-14,25H,4,11-12,15-16H2,1-3H3,(H,24,27)/p+1. The highest BCUT2D eigenvalue weighted by molar-refractivity contribution is 5.83. The second-order valence-corrected chi connectivity index (χ2v) is 7.19. The predicted octanol–water partition coefficient (Wildman–Crippen LogP) is 1.95. The number of aromatic nitrogens is 1. The number of benzene rings is 2. The molecule has 0 aliphatic heterocycles. The van der Waals surface area contributed by atoms with Gasteiger partial charge in [0.25, 0.3) is 5.91 Å². The van der Waals surface area contributed by atoms with E-state index in [2.05, 4.69) is 22.4 Å². The summed E-state index contributed by atoms with van der Waals surface area (Å²) in [5.41, 5.74) is 3.46. The van der Waals surface area contributed by atoms with Crippen molar-refractivity contribution < 1.29 is 19.2 Å². The number of nitrogens with one attached hydrogen (secondary N) is 3. The summed E-state index contributed by atoms with van der Waals surface area (Å²) in [5, 5.41) is 4.25. The molecule has 2 aromatic carbocycles. The lowest BCUT2D eigenvalue weighted by molar-refractivity contribution is -0.885. The van der Waals surface area contributed by atoms with Crippen molar-refractivity contribution in [2.45, 2.75) is 19.9 Å². The van der Waals surface area contributed by atoms with Gasteiger partial charge in [0, 0.05) is 29.2 Å². The van der Waals surface area contributed by atoms with E-state index in [-0.39, 0.29) is 5.91 Å². The van der Waals surface area contributed by atoms with Crippen LogP contribution in [0, 0.1) is 0 Å². The minimum absolute atomic E-state index is 0.0558. The number of carbonyl (C=O) groups is 1. The first-order chi connectivity index (χ1) is 14.1. The van der Waals surface area contributed by atoms with Gasteiger partial charge in [-0.25, -0.2) is 0 Å². The first-order valence-corrected chi connectivity index (χ1v) is 10.0. The molecule has 1 unspecified atom stereocenters. The molecule has 3 rings (SSSR count). The molecule has 3 N–H and O–H groups in total. The highest BCUT2D eigenvalue weighted by Crippen LogP contribution is 2.27. The molecule has 154 valence electrons. The zero-order valence-corrected chi connectivity index (χ0v) is 17.4. The first kappa shape index (κ1) is 20.7. The quantitative estimate of drug-likeness (QED) is 0.491. The second kappa shape index (κ2) is 9.98. The summed E-state index contributed by atoms with van der Waals surface area (Å²) in [6.45, 7) is 4.33. The number of methoxy groups -OCH3 is 1. The van der Waals surface area contributed by atoms with E-state index in [0.29, 0.717) is 19.7 Å². The molecule has 0 bridgehead atoms. The molecule has 0 aliphatic carbocycles. The van der Waals surface area contributed by atoms with Crippen molar-refractivity contribution in [2.24, 2.45) is 0 Å². The van der Waals surface area contributed by atoms with Gasteiger partial charge >= 0.3 is 0 Å². The zero-order chi connectivity index (χ0) is 20.6. The number of hydrogen-bond donors (Lipinski definition) is 3. The van der Waals surface area contributed by atoms with Crippen LogP contribution < -0.4 is 19.7 Å². The van der Waals surface area contributed by atoms with E-state index >= 15 is 0 Å². The van der Waals surface area contributed by atoms with E-state index in [0.717, 1.165) is 40.4 Å². The average Bonchev–Trinajstić information content (AvgIpc) is 3.12. The topological polar surface area (TPSA) is 67.8 Å². The molecule has 1 amide bonds. The van der Waals surface area contributed by atoms with Gasteiger partial charge in [0.15, 0.2) is 18.0 Å². The molecule has 0 fully saturated rings. The summed E-state index contributed by atoms with van der Waals surface area (Å²) >= 11 is 0. The summed E-state index contributed by atoms with van der Waals surface area (Å²) in [4.78, 5) is 16.7. The van der Waals surface area contributed by atoms with Gasteiger partial charge in [0.2, 0.25) is 0 Å². The molecule has 3 aromatic rings. The van der Waals surface area contributed by atoms with Crippen molar-refractivity contribution in [3.05, 3.63) is 59.8 Å². The number of quaternary nitrogens is 1. The van der Waals surface area contributed by atoms with Crippen LogP contribution >= 0.6 is 0 Å². The molecule has 29 heavy (non-hydrogen) atoms. The number of hydrogen-bond acceptors (Lipinski definition) is 3. The van der Waals surface area contributed by atoms with Gasteiger partial charge in [0.05, 0.1) is 20.8 Å². The van der Waals surface area contributed by atoms with Crippen molar-refractivity contribution >= 4 is 16.8 Å². The van der Waals surface area contributed by atoms with Crippen LogP contribution in [0.5, 0.6) is 11.5 Å². The molecule has 0 saturated carbocycles. The van der Waals surface area contributed by atoms with Crippen LogP contribution in [0.15, 0.2) is 48.7 Å². The Labute approximate surface area is 171 Å². The molecule has 1 aromatic heterocycles. The van der Waals surface area contributed by atoms with E-state index < -0.39 is 0 Å². The molecule has 1 atom stereocenters. The third kappa shape index (κ3) is 5.51. The van der Waals surface area contributed by atoms with Crippen LogP contribution in [0.25, 0.3) is 10.9 Å². The number of rotatable bonds is 10. The smallest absolute Gasteiger partial charge is 0.275 e. The normalized spacial score (nSPS) is 12.0. The van der Waals surface area contributed by atoms with Crippen LogP contribution in [0.3, 0.4) is 0 Å². The summed E-state index contributed by atoms with van der Waals surface area (Å²) in [6.07, 6.45) is 2.83. The van der Waals surface area contributed by atoms with Gasteiger partial charge in [-0.1, -0.05) is 18.2 Å². The van der Waals surface area contributed by atoms with Crippen LogP contribution in [-0.2, 0) is 17.8 Å². The summed E-state index contributed by atoms with van der Waals surface area (Å²) in [5.74, 6) is 1.52. The van der Waals surface area contributed by atoms with Crippen molar-refractivity contribution in [3.8, 4) is 11.5 Å². The Morgan fingerprint density at radius 3 is 2.79 bits per heavy atom. The van der Waals surface area contributed by atoms with E-state index in [1.807, 2.05) is 50.5 Å². The number of likely N-dealkylation sites (N-methyl/N-ethyl adjacent to an activating group) is 1. The van der Waals surface area contributed by atoms with Crippen LogP contribution in [0.4, 0.5) is 0 Å². The van der Waals surface area contributed by atoms with Crippen LogP contribution in [0.1, 0.15) is 18.1 Å². The lowest BCUT2D eigenvalue weighted by Gasteiger charge is -2.15. The van der Waals surface area contributed by atoms with Gasteiger partial charge in [-0.05, 0) is 43.2 Å². The molecule has 1 heterocycles. The number of para-hydroxylation sites is 1. The van der Waals surface area contributed by atoms with E-state index in [9.17, 15) is 4.79 Å². The molecular formula is C23H30N3O3+. The van der Waals surface area contributed by atoms with E-state index in [1.165, 1.54) is 10.9 Å². The molecular weight excluding hydrogens is 366 g/mol. The lowest BCUT2D eigenvalue weighted by atomic mass is 10.1. The second-order valence-electron chi connectivity index (χ2n) is 7.19. The fourth-order valence-corrected chi connectivity index (χ4v) is 3.52. The minimum Gasteiger partial charge on any atom is -0.493 e. The highest BCUT2D eigenvalue weighted by Gasteiger charge is 2.13. The van der Waals surface area contributed by atoms with E-state index in [4.69, 9.17) is 9.47 Å². The number of amides is 1. The van der Waals surface area contributed by atoms with Crippen LogP contribution in [0.2, 0.25) is 0 Å². The fraction of sp³-hybridized carbons (Fsp3) is 0.348. The SMILES string of the molecule is CCOc1ccc(C[NH+](C)CC(=O)NCCc2c[nH]c3ccccc23)cc1OC. The van der Waals surface area contributed by atoms with Gasteiger partial charge in [-0.3, -0.25) is 4.79 Å². The molecule has 0 radical (unpaired) electrons. The number of H-pyrrole nitrogens is 1. The van der Waals surface area contributed by atoms with Crippen molar-refractivity contribution in [3.63, 3.8) is 0 Å². The Kier molecular flexibility index (Phi) is 7.14. The number of carbonyl (C=O) groups excluding carboxylic acids is 1. The predicted molar refractivity (Wildman–Crippen MR) is 115 cm³/mol. The Morgan fingerprint density at radius 2 is 2.00 bits per heavy atom. The van der Waals surface area contributed by atoms with Crippen molar-refractivity contribution in [2.75, 3.05) is 33.9 Å². The van der Waals surface area contributed by atoms with Crippen molar-refractivity contribution in [1.82, 2.24) is 10.3 Å². The maximum atomic E-state index is 12.3. The largest absolute Gasteiger partial charge is 0.493 e. The monoisotopic (exact) mass is 396 g/mol. The van der Waals surface area contributed by atoms with Gasteiger partial charge in [-0.15, -0.1) is 0 Å². The third-order valence-electron chi connectivity index (χ3n) is 4.89. The average molecular weight is 397 g/mol. The summed E-state index contributed by atoms with van der Waals surface area (Å²) < 4.78 is 11.0. The van der Waals surface area contributed by atoms with Crippen LogP contribution in [-0.4, -0.2) is 44.7 Å². The van der Waals surface area contributed by atoms with Gasteiger partial charge < -0.3 is 24.7 Å². The Balaban J connectivity index is 1.46. The Hall–Kier alpha value is -2.99. The fourth-order valence-electron chi connectivity index (χ4n) is 3.52. The molecule has 6 heteroatoms. The van der Waals surface area contributed by atoms with Crippen molar-refractivity contribution in [1.29, 1.82) is 0 Å². The molecule has 0 aliphatic rings. The van der Waals surface area contributed by atoms with Gasteiger partial charge in [0.1, 0.15) is 6.54 Å². The highest BCUT2D eigenvalue weighted by atomic mass is 16.5. The minimum atomic E-state index is 0.0558. The summed E-state index contributed by atoms with van der Waals surface area (Å²) in [7, 11) is 3.65.